The van der Waals surface area contributed by atoms with Crippen LogP contribution in [0.25, 0.3) is 0 Å². The van der Waals surface area contributed by atoms with Crippen LogP contribution in [-0.2, 0) is 16.1 Å². The molecule has 0 fully saturated rings. The average Bonchev–Trinajstić information content (AvgIpc) is 2.87. The van der Waals surface area contributed by atoms with Crippen LogP contribution in [0.2, 0.25) is 0 Å². The molecular formula is C29H45N3O3. The van der Waals surface area contributed by atoms with Crippen molar-refractivity contribution in [3.63, 3.8) is 0 Å². The van der Waals surface area contributed by atoms with E-state index in [0.29, 0.717) is 17.9 Å². The molecule has 0 unspecified atom stereocenters. The summed E-state index contributed by atoms with van der Waals surface area (Å²) in [6.45, 7) is 8.79. The largest absolute Gasteiger partial charge is 0.496 e. The molecule has 0 aromatic heterocycles. The fourth-order valence-corrected chi connectivity index (χ4v) is 4.25. The summed E-state index contributed by atoms with van der Waals surface area (Å²) in [6.07, 6.45) is 13.1. The van der Waals surface area contributed by atoms with Crippen LogP contribution in [0.5, 0.6) is 5.75 Å². The molecule has 1 aromatic carbocycles. The van der Waals surface area contributed by atoms with Crippen molar-refractivity contribution >= 4 is 11.6 Å². The molecule has 0 amide bonds. The fraction of sp³-hybridized carbons (Fsp3) is 0.586. The summed E-state index contributed by atoms with van der Waals surface area (Å²) in [5.74, 6) is 0.714. The first-order valence-corrected chi connectivity index (χ1v) is 13.4. The van der Waals surface area contributed by atoms with Gasteiger partial charge in [-0.3, -0.25) is 14.5 Å². The van der Waals surface area contributed by atoms with Crippen molar-refractivity contribution < 1.29 is 14.3 Å². The second-order valence-electron chi connectivity index (χ2n) is 9.21. The molecule has 1 aromatic rings. The second-order valence-corrected chi connectivity index (χ2v) is 9.21. The van der Waals surface area contributed by atoms with Crippen LogP contribution in [-0.4, -0.2) is 49.8 Å². The number of ketones is 2. The van der Waals surface area contributed by atoms with Gasteiger partial charge >= 0.3 is 0 Å². The van der Waals surface area contributed by atoms with E-state index in [4.69, 9.17) is 4.74 Å². The van der Waals surface area contributed by atoms with Gasteiger partial charge in [0.15, 0.2) is 0 Å². The molecule has 0 bridgehead atoms. The lowest BCUT2D eigenvalue weighted by molar-refractivity contribution is -0.115. The Kier molecular flexibility index (Phi) is 13.9. The summed E-state index contributed by atoms with van der Waals surface area (Å²) in [5, 5.41) is 6.30. The van der Waals surface area contributed by atoms with E-state index in [1.54, 1.807) is 7.11 Å². The topological polar surface area (TPSA) is 70.7 Å². The Morgan fingerprint density at radius 2 is 1.34 bits per heavy atom. The van der Waals surface area contributed by atoms with Gasteiger partial charge in [-0.2, -0.15) is 0 Å². The maximum Gasteiger partial charge on any atom is 0.203 e. The molecule has 0 spiro atoms. The molecule has 2 N–H and O–H groups in total. The standard InChI is InChI=1S/C29H45N3O3/c1-4-6-7-8-13-18-30-25-21-28(34)26(22-27(25)33)31-19-14-9-10-15-20-32(5-2)23-24-16-11-12-17-29(24)35-3/h11-12,16-17,21-22,30-31H,4-10,13-15,18-20,23H2,1-3H3. The number of hydrogen-bond donors (Lipinski definition) is 2. The first-order valence-electron chi connectivity index (χ1n) is 13.4. The zero-order chi connectivity index (χ0) is 25.3. The number of allylic oxidation sites excluding steroid dienone is 2. The second kappa shape index (κ2) is 16.9. The Hall–Kier alpha value is -2.60. The summed E-state index contributed by atoms with van der Waals surface area (Å²) >= 11 is 0. The zero-order valence-corrected chi connectivity index (χ0v) is 22.0. The van der Waals surface area contributed by atoms with E-state index >= 15 is 0 Å². The van der Waals surface area contributed by atoms with Gasteiger partial charge in [0, 0.05) is 37.3 Å². The van der Waals surface area contributed by atoms with Crippen molar-refractivity contribution in [3.05, 3.63) is 53.4 Å². The third-order valence-corrected chi connectivity index (χ3v) is 6.43. The molecule has 0 saturated heterocycles. The molecule has 194 valence electrons. The summed E-state index contributed by atoms with van der Waals surface area (Å²) in [6, 6.07) is 8.20. The van der Waals surface area contributed by atoms with Crippen LogP contribution in [0.15, 0.2) is 47.8 Å². The zero-order valence-electron chi connectivity index (χ0n) is 22.0. The number of methoxy groups -OCH3 is 1. The van der Waals surface area contributed by atoms with Gasteiger partial charge in [-0.1, -0.05) is 70.6 Å². The number of benzene rings is 1. The van der Waals surface area contributed by atoms with Gasteiger partial charge in [-0.25, -0.2) is 0 Å². The first-order chi connectivity index (χ1) is 17.1. The normalized spacial score (nSPS) is 13.6. The molecular weight excluding hydrogens is 438 g/mol. The van der Waals surface area contributed by atoms with Gasteiger partial charge in [-0.05, 0) is 38.4 Å². The van der Waals surface area contributed by atoms with Crippen LogP contribution in [0.1, 0.15) is 77.2 Å². The smallest absolute Gasteiger partial charge is 0.203 e. The number of carbonyl (C=O) groups is 2. The maximum absolute atomic E-state index is 12.4. The minimum atomic E-state index is -0.118. The van der Waals surface area contributed by atoms with Gasteiger partial charge in [-0.15, -0.1) is 0 Å². The van der Waals surface area contributed by atoms with Crippen molar-refractivity contribution in [1.29, 1.82) is 0 Å². The summed E-state index contributed by atoms with van der Waals surface area (Å²) in [4.78, 5) is 27.2. The fourth-order valence-electron chi connectivity index (χ4n) is 4.25. The predicted octanol–water partition coefficient (Wildman–Crippen LogP) is 5.15. The molecule has 2 rings (SSSR count). The van der Waals surface area contributed by atoms with E-state index in [9.17, 15) is 9.59 Å². The number of unbranched alkanes of at least 4 members (excludes halogenated alkanes) is 7. The van der Waals surface area contributed by atoms with E-state index < -0.39 is 0 Å². The van der Waals surface area contributed by atoms with Gasteiger partial charge in [0.2, 0.25) is 11.6 Å². The van der Waals surface area contributed by atoms with Crippen LogP contribution < -0.4 is 15.4 Å². The lowest BCUT2D eigenvalue weighted by atomic mass is 10.1. The quantitative estimate of drug-likeness (QED) is 0.210. The molecule has 1 aliphatic carbocycles. The van der Waals surface area contributed by atoms with Crippen LogP contribution in [0.3, 0.4) is 0 Å². The Morgan fingerprint density at radius 1 is 0.771 bits per heavy atom. The van der Waals surface area contributed by atoms with Crippen molar-refractivity contribution in [3.8, 4) is 5.75 Å². The minimum absolute atomic E-state index is 0.115. The highest BCUT2D eigenvalue weighted by Gasteiger charge is 2.19. The number of nitrogens with zero attached hydrogens (tertiary/aromatic N) is 1. The van der Waals surface area contributed by atoms with E-state index in [2.05, 4.69) is 41.5 Å². The highest BCUT2D eigenvalue weighted by Crippen LogP contribution is 2.19. The Balaban J connectivity index is 1.59. The van der Waals surface area contributed by atoms with Crippen LogP contribution in [0.4, 0.5) is 0 Å². The van der Waals surface area contributed by atoms with E-state index in [1.165, 1.54) is 37.0 Å². The molecule has 35 heavy (non-hydrogen) atoms. The number of para-hydroxylation sites is 1. The molecule has 0 saturated carbocycles. The monoisotopic (exact) mass is 483 g/mol. The van der Waals surface area contributed by atoms with Gasteiger partial charge in [0.05, 0.1) is 18.5 Å². The van der Waals surface area contributed by atoms with Crippen molar-refractivity contribution in [2.24, 2.45) is 0 Å². The summed E-state index contributed by atoms with van der Waals surface area (Å²) in [5.41, 5.74) is 2.06. The van der Waals surface area contributed by atoms with Crippen molar-refractivity contribution in [1.82, 2.24) is 15.5 Å². The van der Waals surface area contributed by atoms with E-state index in [1.807, 2.05) is 12.1 Å². The molecule has 6 heteroatoms. The first kappa shape index (κ1) is 28.6. The van der Waals surface area contributed by atoms with Crippen molar-refractivity contribution in [2.45, 2.75) is 78.2 Å². The van der Waals surface area contributed by atoms with Gasteiger partial charge in [0.25, 0.3) is 0 Å². The maximum atomic E-state index is 12.4. The molecule has 0 heterocycles. The Labute approximate surface area is 212 Å². The third kappa shape index (κ3) is 10.7. The molecule has 0 atom stereocenters. The SMILES string of the molecule is CCCCCCCNC1=CC(=O)C(NCCCCCCN(CC)Cc2ccccc2OC)=CC1=O. The predicted molar refractivity (Wildman–Crippen MR) is 143 cm³/mol. The Morgan fingerprint density at radius 3 is 1.91 bits per heavy atom. The third-order valence-electron chi connectivity index (χ3n) is 6.43. The Bertz CT molecular complexity index is 847. The minimum Gasteiger partial charge on any atom is -0.496 e. The summed E-state index contributed by atoms with van der Waals surface area (Å²) < 4.78 is 5.47. The molecule has 1 aliphatic rings. The van der Waals surface area contributed by atoms with E-state index in [-0.39, 0.29) is 11.6 Å². The summed E-state index contributed by atoms with van der Waals surface area (Å²) in [7, 11) is 1.72. The lowest BCUT2D eigenvalue weighted by Crippen LogP contribution is -2.30. The lowest BCUT2D eigenvalue weighted by Gasteiger charge is -2.21. The van der Waals surface area contributed by atoms with Gasteiger partial charge < -0.3 is 15.4 Å². The number of ether oxygens (including phenoxy) is 1. The highest BCUT2D eigenvalue weighted by atomic mass is 16.5. The average molecular weight is 484 g/mol. The number of carbonyl (C=O) groups excluding carboxylic acids is 2. The van der Waals surface area contributed by atoms with Crippen LogP contribution in [0, 0.1) is 0 Å². The highest BCUT2D eigenvalue weighted by molar-refractivity contribution is 6.19. The number of rotatable bonds is 19. The molecule has 6 nitrogen and oxygen atoms in total. The molecule has 0 radical (unpaired) electrons. The number of hydrogen-bond acceptors (Lipinski definition) is 6. The van der Waals surface area contributed by atoms with Crippen LogP contribution >= 0.6 is 0 Å². The number of nitrogens with one attached hydrogen (secondary N) is 2. The molecule has 0 aliphatic heterocycles. The van der Waals surface area contributed by atoms with E-state index in [0.717, 1.165) is 70.5 Å². The van der Waals surface area contributed by atoms with Gasteiger partial charge in [0.1, 0.15) is 5.75 Å². The van der Waals surface area contributed by atoms with Crippen molar-refractivity contribution in [2.75, 3.05) is 33.3 Å².